The average Bonchev–Trinajstić information content (AvgIpc) is 2.99. The molecule has 1 aliphatic carbocycles. The number of hydrogen-bond acceptors (Lipinski definition) is 3. The van der Waals surface area contributed by atoms with Gasteiger partial charge in [0, 0.05) is 31.1 Å². The summed E-state index contributed by atoms with van der Waals surface area (Å²) in [5, 5.41) is 0. The molecule has 1 aliphatic heterocycles. The Morgan fingerprint density at radius 3 is 2.35 bits per heavy atom. The number of carbonyl (C=O) groups excluding carboxylic acids is 1. The molecule has 0 aromatic rings. The molecule has 1 amide bonds. The predicted molar refractivity (Wildman–Crippen MR) is 87.7 cm³/mol. The first-order valence-electron chi connectivity index (χ1n) is 7.44. The Balaban J connectivity index is 0.00000180. The number of nitrogens with two attached hydrogens (primary N) is 1. The number of rotatable bonds is 4. The average molecular weight is 326 g/mol. The second kappa shape index (κ2) is 9.08. The number of likely N-dealkylation sites (N-methyl/N-ethyl adjacent to an activating group) is 1. The van der Waals surface area contributed by atoms with Gasteiger partial charge in [-0.1, -0.05) is 13.8 Å². The van der Waals surface area contributed by atoms with Gasteiger partial charge in [0.15, 0.2) is 0 Å². The Labute approximate surface area is 135 Å². The molecule has 120 valence electrons. The van der Waals surface area contributed by atoms with Crippen molar-refractivity contribution in [1.82, 2.24) is 9.80 Å². The van der Waals surface area contributed by atoms with Crippen LogP contribution in [-0.4, -0.2) is 54.0 Å². The fourth-order valence-electron chi connectivity index (χ4n) is 3.48. The van der Waals surface area contributed by atoms with E-state index in [1.165, 1.54) is 0 Å². The van der Waals surface area contributed by atoms with E-state index in [2.05, 4.69) is 23.6 Å². The molecule has 1 saturated carbocycles. The molecule has 0 aromatic heterocycles. The third-order valence-electron chi connectivity index (χ3n) is 4.63. The van der Waals surface area contributed by atoms with Crippen molar-refractivity contribution >= 4 is 30.7 Å². The molecule has 20 heavy (non-hydrogen) atoms. The van der Waals surface area contributed by atoms with Crippen LogP contribution in [0, 0.1) is 5.92 Å². The first kappa shape index (κ1) is 20.0. The van der Waals surface area contributed by atoms with Crippen molar-refractivity contribution in [2.24, 2.45) is 11.7 Å². The number of halogens is 2. The van der Waals surface area contributed by atoms with Gasteiger partial charge in [0.25, 0.3) is 0 Å². The summed E-state index contributed by atoms with van der Waals surface area (Å²) in [5.41, 5.74) is 5.90. The van der Waals surface area contributed by atoms with Crippen LogP contribution in [0.25, 0.3) is 0 Å². The Hall–Kier alpha value is -0.0300. The van der Waals surface area contributed by atoms with Crippen LogP contribution >= 0.6 is 24.8 Å². The van der Waals surface area contributed by atoms with Crippen LogP contribution in [0.2, 0.25) is 0 Å². The first-order valence-corrected chi connectivity index (χ1v) is 7.44. The van der Waals surface area contributed by atoms with Crippen LogP contribution in [-0.2, 0) is 4.79 Å². The van der Waals surface area contributed by atoms with E-state index in [-0.39, 0.29) is 36.8 Å². The maximum absolute atomic E-state index is 12.4. The predicted octanol–water partition coefficient (Wildman–Crippen LogP) is 1.90. The third-order valence-corrected chi connectivity index (χ3v) is 4.63. The Morgan fingerprint density at radius 1 is 1.20 bits per heavy atom. The quantitative estimate of drug-likeness (QED) is 0.858. The zero-order chi connectivity index (χ0) is 13.1. The highest BCUT2D eigenvalue weighted by Crippen LogP contribution is 2.28. The Morgan fingerprint density at radius 2 is 1.85 bits per heavy atom. The zero-order valence-corrected chi connectivity index (χ0v) is 14.2. The molecule has 0 bridgehead atoms. The lowest BCUT2D eigenvalue weighted by Gasteiger charge is -2.26. The van der Waals surface area contributed by atoms with Crippen molar-refractivity contribution in [3.05, 3.63) is 0 Å². The third kappa shape index (κ3) is 4.48. The van der Waals surface area contributed by atoms with Gasteiger partial charge >= 0.3 is 0 Å². The maximum Gasteiger partial charge on any atom is 0.225 e. The molecule has 6 heteroatoms. The topological polar surface area (TPSA) is 49.6 Å². The number of likely N-dealkylation sites (tertiary alicyclic amines) is 1. The summed E-state index contributed by atoms with van der Waals surface area (Å²) >= 11 is 0. The minimum atomic E-state index is 0. The molecule has 2 aliphatic rings. The van der Waals surface area contributed by atoms with Crippen molar-refractivity contribution in [3.8, 4) is 0 Å². The van der Waals surface area contributed by atoms with E-state index in [0.717, 1.165) is 51.9 Å². The number of hydrogen-bond donors (Lipinski definition) is 1. The summed E-state index contributed by atoms with van der Waals surface area (Å²) in [6.45, 7) is 8.42. The van der Waals surface area contributed by atoms with Gasteiger partial charge in [0.05, 0.1) is 0 Å². The minimum absolute atomic E-state index is 0. The standard InChI is InChI=1S/C14H27N3O.2ClH/c1-3-16(4-2)13-7-8-17(10-13)14(18)11-5-6-12(15)9-11;;/h11-13H,3-10,15H2,1-2H3;2*1H. The van der Waals surface area contributed by atoms with Crippen LogP contribution in [0.15, 0.2) is 0 Å². The molecule has 3 atom stereocenters. The maximum atomic E-state index is 12.4. The molecule has 0 aromatic carbocycles. The molecule has 4 nitrogen and oxygen atoms in total. The van der Waals surface area contributed by atoms with E-state index < -0.39 is 0 Å². The van der Waals surface area contributed by atoms with Crippen molar-refractivity contribution in [2.75, 3.05) is 26.2 Å². The van der Waals surface area contributed by atoms with E-state index in [1.807, 2.05) is 0 Å². The van der Waals surface area contributed by atoms with Crippen molar-refractivity contribution in [2.45, 2.75) is 51.6 Å². The van der Waals surface area contributed by atoms with Gasteiger partial charge in [-0.05, 0) is 38.8 Å². The number of carbonyl (C=O) groups is 1. The summed E-state index contributed by atoms with van der Waals surface area (Å²) in [6.07, 6.45) is 4.04. The van der Waals surface area contributed by atoms with Crippen LogP contribution in [0.1, 0.15) is 39.5 Å². The summed E-state index contributed by atoms with van der Waals surface area (Å²) < 4.78 is 0. The largest absolute Gasteiger partial charge is 0.341 e. The van der Waals surface area contributed by atoms with Gasteiger partial charge in [-0.2, -0.15) is 0 Å². The summed E-state index contributed by atoms with van der Waals surface area (Å²) in [6, 6.07) is 0.819. The summed E-state index contributed by atoms with van der Waals surface area (Å²) in [4.78, 5) is 16.9. The Kier molecular flexibility index (Phi) is 9.07. The molecule has 0 spiro atoms. The molecule has 1 heterocycles. The van der Waals surface area contributed by atoms with Gasteiger partial charge in [-0.15, -0.1) is 24.8 Å². The summed E-state index contributed by atoms with van der Waals surface area (Å²) in [7, 11) is 0. The normalized spacial score (nSPS) is 29.2. The Bertz CT molecular complexity index is 300. The monoisotopic (exact) mass is 325 g/mol. The molecule has 2 rings (SSSR count). The van der Waals surface area contributed by atoms with Gasteiger partial charge < -0.3 is 10.6 Å². The second-order valence-corrected chi connectivity index (χ2v) is 5.72. The highest BCUT2D eigenvalue weighted by atomic mass is 35.5. The fourth-order valence-corrected chi connectivity index (χ4v) is 3.48. The van der Waals surface area contributed by atoms with Gasteiger partial charge in [-0.3, -0.25) is 9.69 Å². The van der Waals surface area contributed by atoms with Crippen molar-refractivity contribution in [1.29, 1.82) is 0 Å². The van der Waals surface area contributed by atoms with Gasteiger partial charge in [0.1, 0.15) is 0 Å². The SMILES string of the molecule is CCN(CC)C1CCN(C(=O)C2CCC(N)C2)C1.Cl.Cl. The van der Waals surface area contributed by atoms with E-state index in [4.69, 9.17) is 5.73 Å². The molecule has 0 radical (unpaired) electrons. The highest BCUT2D eigenvalue weighted by molar-refractivity contribution is 5.85. The van der Waals surface area contributed by atoms with E-state index in [1.54, 1.807) is 0 Å². The molecule has 2 fully saturated rings. The second-order valence-electron chi connectivity index (χ2n) is 5.72. The van der Waals surface area contributed by atoms with Gasteiger partial charge in [-0.25, -0.2) is 0 Å². The van der Waals surface area contributed by atoms with E-state index in [0.29, 0.717) is 11.9 Å². The lowest BCUT2D eigenvalue weighted by molar-refractivity contribution is -0.134. The fraction of sp³-hybridized carbons (Fsp3) is 0.929. The number of amides is 1. The molecular formula is C14H29Cl2N3O. The van der Waals surface area contributed by atoms with Crippen LogP contribution in [0.5, 0.6) is 0 Å². The van der Waals surface area contributed by atoms with E-state index in [9.17, 15) is 4.79 Å². The summed E-state index contributed by atoms with van der Waals surface area (Å²) in [5.74, 6) is 0.563. The zero-order valence-electron chi connectivity index (χ0n) is 12.6. The van der Waals surface area contributed by atoms with Crippen LogP contribution in [0.3, 0.4) is 0 Å². The minimum Gasteiger partial charge on any atom is -0.341 e. The molecule has 3 unspecified atom stereocenters. The van der Waals surface area contributed by atoms with Crippen LogP contribution < -0.4 is 5.73 Å². The smallest absolute Gasteiger partial charge is 0.225 e. The van der Waals surface area contributed by atoms with Crippen molar-refractivity contribution < 1.29 is 4.79 Å². The highest BCUT2D eigenvalue weighted by Gasteiger charge is 2.35. The lowest BCUT2D eigenvalue weighted by Crippen LogP contribution is -2.40. The molecular weight excluding hydrogens is 297 g/mol. The number of nitrogens with zero attached hydrogens (tertiary/aromatic N) is 2. The molecule has 1 saturated heterocycles. The first-order chi connectivity index (χ1) is 8.65. The molecule has 2 N–H and O–H groups in total. The lowest BCUT2D eigenvalue weighted by atomic mass is 10.1. The van der Waals surface area contributed by atoms with Crippen molar-refractivity contribution in [3.63, 3.8) is 0 Å². The van der Waals surface area contributed by atoms with Gasteiger partial charge in [0.2, 0.25) is 5.91 Å². The van der Waals surface area contributed by atoms with E-state index >= 15 is 0 Å². The van der Waals surface area contributed by atoms with Crippen LogP contribution in [0.4, 0.5) is 0 Å².